The summed E-state index contributed by atoms with van der Waals surface area (Å²) in [6.07, 6.45) is 8.62. The molecule has 0 aliphatic heterocycles. The standard InChI is InChI=1S/C15H18Cl4N2O2/c16-12(5-1-3-7-14(12,18)20-10-22)9-13(17)6-2-4-8-15(13,19)21-11-23/h1-9H2. The van der Waals surface area contributed by atoms with E-state index in [0.717, 1.165) is 25.7 Å². The molecule has 8 heteroatoms. The van der Waals surface area contributed by atoms with Gasteiger partial charge in [-0.3, -0.25) is 0 Å². The molecule has 2 aliphatic rings. The molecule has 2 fully saturated rings. The van der Waals surface area contributed by atoms with E-state index in [9.17, 15) is 9.59 Å². The third-order valence-electron chi connectivity index (χ3n) is 5.04. The smallest absolute Gasteiger partial charge is 0.211 e. The SMILES string of the molecule is O=C=NC1(Cl)CCCCC1(Cl)CC1(Cl)CCCCC1(Cl)N=C=O. The van der Waals surface area contributed by atoms with Crippen LogP contribution in [0.25, 0.3) is 0 Å². The number of isocyanates is 2. The Balaban J connectivity index is 2.39. The molecule has 2 aliphatic carbocycles. The van der Waals surface area contributed by atoms with Crippen LogP contribution in [0.4, 0.5) is 0 Å². The molecule has 0 saturated heterocycles. The maximum absolute atomic E-state index is 10.8. The number of halogens is 4. The van der Waals surface area contributed by atoms with Crippen LogP contribution in [0.1, 0.15) is 57.8 Å². The summed E-state index contributed by atoms with van der Waals surface area (Å²) in [5.74, 6) is 0. The lowest BCUT2D eigenvalue weighted by molar-refractivity contribution is 0.208. The van der Waals surface area contributed by atoms with Crippen molar-refractivity contribution in [1.82, 2.24) is 0 Å². The van der Waals surface area contributed by atoms with E-state index in [2.05, 4.69) is 9.98 Å². The Labute approximate surface area is 155 Å². The second-order valence-electron chi connectivity index (χ2n) is 6.45. The molecule has 128 valence electrons. The molecule has 0 radical (unpaired) electrons. The normalized spacial score (nSPS) is 44.0. The maximum Gasteiger partial charge on any atom is 0.236 e. The number of rotatable bonds is 4. The Morgan fingerprint density at radius 1 is 0.696 bits per heavy atom. The number of alkyl halides is 4. The zero-order valence-corrected chi connectivity index (χ0v) is 15.6. The predicted octanol–water partition coefficient (Wildman–Crippen LogP) is 5.02. The minimum Gasteiger partial charge on any atom is -0.211 e. The van der Waals surface area contributed by atoms with Gasteiger partial charge in [0, 0.05) is 0 Å². The molecule has 0 bridgehead atoms. The van der Waals surface area contributed by atoms with Crippen LogP contribution in [0.3, 0.4) is 0 Å². The van der Waals surface area contributed by atoms with Crippen molar-refractivity contribution in [3.63, 3.8) is 0 Å². The quantitative estimate of drug-likeness (QED) is 0.288. The first-order chi connectivity index (χ1) is 10.7. The van der Waals surface area contributed by atoms with Gasteiger partial charge in [0.15, 0.2) is 10.00 Å². The van der Waals surface area contributed by atoms with E-state index < -0.39 is 19.7 Å². The first-order valence-electron chi connectivity index (χ1n) is 7.68. The molecule has 0 spiro atoms. The van der Waals surface area contributed by atoms with Gasteiger partial charge in [-0.15, -0.1) is 23.2 Å². The van der Waals surface area contributed by atoms with Gasteiger partial charge in [0.1, 0.15) is 0 Å². The van der Waals surface area contributed by atoms with E-state index in [4.69, 9.17) is 46.4 Å². The Morgan fingerprint density at radius 2 is 1.04 bits per heavy atom. The summed E-state index contributed by atoms with van der Waals surface area (Å²) in [5, 5.41) is 0. The van der Waals surface area contributed by atoms with Crippen molar-refractivity contribution in [2.45, 2.75) is 77.5 Å². The van der Waals surface area contributed by atoms with Gasteiger partial charge in [-0.1, -0.05) is 36.0 Å². The molecule has 23 heavy (non-hydrogen) atoms. The summed E-state index contributed by atoms with van der Waals surface area (Å²) in [6, 6.07) is 0. The van der Waals surface area contributed by atoms with Gasteiger partial charge in [-0.2, -0.15) is 9.98 Å². The molecule has 4 atom stereocenters. The summed E-state index contributed by atoms with van der Waals surface area (Å²) in [5.41, 5.74) is 0. The molecule has 0 aromatic rings. The molecule has 0 amide bonds. The Bertz CT molecular complexity index is 516. The van der Waals surface area contributed by atoms with Gasteiger partial charge in [0.25, 0.3) is 0 Å². The fraction of sp³-hybridized carbons (Fsp3) is 0.867. The largest absolute Gasteiger partial charge is 0.236 e. The van der Waals surface area contributed by atoms with Gasteiger partial charge in [0.05, 0.1) is 9.75 Å². The Morgan fingerprint density at radius 3 is 1.39 bits per heavy atom. The molecular weight excluding hydrogens is 382 g/mol. The van der Waals surface area contributed by atoms with Crippen LogP contribution in [-0.4, -0.2) is 31.9 Å². The Kier molecular flexibility index (Phi) is 5.89. The number of hydrogen-bond acceptors (Lipinski definition) is 4. The van der Waals surface area contributed by atoms with Crippen molar-refractivity contribution >= 4 is 58.6 Å². The van der Waals surface area contributed by atoms with E-state index in [1.807, 2.05) is 0 Å². The lowest BCUT2D eigenvalue weighted by Crippen LogP contribution is -2.56. The zero-order valence-electron chi connectivity index (χ0n) is 12.6. The maximum atomic E-state index is 10.8. The van der Waals surface area contributed by atoms with Crippen molar-refractivity contribution in [3.05, 3.63) is 0 Å². The lowest BCUT2D eigenvalue weighted by atomic mass is 9.72. The van der Waals surface area contributed by atoms with Crippen LogP contribution in [0.5, 0.6) is 0 Å². The molecule has 0 aromatic heterocycles. The van der Waals surface area contributed by atoms with Gasteiger partial charge in [-0.05, 0) is 44.9 Å². The molecule has 0 N–H and O–H groups in total. The first-order valence-corrected chi connectivity index (χ1v) is 9.19. The van der Waals surface area contributed by atoms with Crippen LogP contribution in [0, 0.1) is 0 Å². The fourth-order valence-corrected chi connectivity index (χ4v) is 5.43. The highest BCUT2D eigenvalue weighted by Gasteiger charge is 2.60. The summed E-state index contributed by atoms with van der Waals surface area (Å²) < 4.78 is 0. The third-order valence-corrected chi connectivity index (χ3v) is 7.78. The van der Waals surface area contributed by atoms with Crippen LogP contribution in [-0.2, 0) is 9.59 Å². The van der Waals surface area contributed by atoms with E-state index in [1.54, 1.807) is 0 Å². The number of carbonyl (C=O) groups excluding carboxylic acids is 2. The zero-order chi connectivity index (χ0) is 17.2. The summed E-state index contributed by atoms with van der Waals surface area (Å²) in [4.78, 5) is 24.5. The van der Waals surface area contributed by atoms with E-state index in [-0.39, 0.29) is 6.42 Å². The number of hydrogen-bond donors (Lipinski definition) is 0. The van der Waals surface area contributed by atoms with Crippen LogP contribution in [0.15, 0.2) is 9.98 Å². The highest BCUT2D eigenvalue weighted by atomic mass is 35.5. The van der Waals surface area contributed by atoms with Crippen molar-refractivity contribution in [1.29, 1.82) is 0 Å². The molecule has 2 saturated carbocycles. The van der Waals surface area contributed by atoms with E-state index >= 15 is 0 Å². The monoisotopic (exact) mass is 398 g/mol. The summed E-state index contributed by atoms with van der Waals surface area (Å²) in [6.45, 7) is 0. The molecule has 4 nitrogen and oxygen atoms in total. The second-order valence-corrected chi connectivity index (χ2v) is 9.14. The average molecular weight is 400 g/mol. The highest BCUT2D eigenvalue weighted by molar-refractivity contribution is 6.38. The fourth-order valence-electron chi connectivity index (χ4n) is 3.71. The highest BCUT2D eigenvalue weighted by Crippen LogP contribution is 2.58. The van der Waals surface area contributed by atoms with Gasteiger partial charge in [-0.25, -0.2) is 9.59 Å². The van der Waals surface area contributed by atoms with Crippen LogP contribution >= 0.6 is 46.4 Å². The minimum atomic E-state index is -1.27. The Hall–Kier alpha value is -0.0800. The van der Waals surface area contributed by atoms with Crippen molar-refractivity contribution in [3.8, 4) is 0 Å². The second kappa shape index (κ2) is 7.04. The molecule has 2 rings (SSSR count). The number of nitrogens with zero attached hydrogens (tertiary/aromatic N) is 2. The molecular formula is C15H18Cl4N2O2. The summed E-state index contributed by atoms with van der Waals surface area (Å²) >= 11 is 26.8. The van der Waals surface area contributed by atoms with Gasteiger partial charge in [0.2, 0.25) is 12.2 Å². The van der Waals surface area contributed by atoms with E-state index in [1.165, 1.54) is 12.2 Å². The molecule has 0 aromatic carbocycles. The predicted molar refractivity (Wildman–Crippen MR) is 92.1 cm³/mol. The lowest BCUT2D eigenvalue weighted by Gasteiger charge is -2.50. The molecule has 0 heterocycles. The number of aliphatic imine (C=N–C) groups is 2. The molecule has 4 unspecified atom stereocenters. The van der Waals surface area contributed by atoms with Crippen molar-refractivity contribution < 1.29 is 9.59 Å². The average Bonchev–Trinajstić information content (AvgIpc) is 2.47. The van der Waals surface area contributed by atoms with Crippen molar-refractivity contribution in [2.24, 2.45) is 9.98 Å². The van der Waals surface area contributed by atoms with E-state index in [0.29, 0.717) is 25.7 Å². The van der Waals surface area contributed by atoms with Crippen molar-refractivity contribution in [2.75, 3.05) is 0 Å². The van der Waals surface area contributed by atoms with Gasteiger partial charge >= 0.3 is 0 Å². The van der Waals surface area contributed by atoms with Crippen LogP contribution < -0.4 is 0 Å². The van der Waals surface area contributed by atoms with Crippen LogP contribution in [0.2, 0.25) is 0 Å². The topological polar surface area (TPSA) is 58.9 Å². The first kappa shape index (κ1) is 19.2. The summed E-state index contributed by atoms with van der Waals surface area (Å²) in [7, 11) is 0. The van der Waals surface area contributed by atoms with Gasteiger partial charge < -0.3 is 0 Å². The third kappa shape index (κ3) is 3.49. The minimum absolute atomic E-state index is 0.201.